The Morgan fingerprint density at radius 1 is 1.19 bits per heavy atom. The molecule has 0 radical (unpaired) electrons. The van der Waals surface area contributed by atoms with Crippen LogP contribution >= 0.6 is 0 Å². The quantitative estimate of drug-likeness (QED) is 0.803. The number of aromatic nitrogens is 2. The van der Waals surface area contributed by atoms with Gasteiger partial charge in [0.2, 0.25) is 5.95 Å². The fraction of sp³-hybridized carbons (Fsp3) is 0.526. The lowest BCUT2D eigenvalue weighted by Gasteiger charge is -2.28. The van der Waals surface area contributed by atoms with Crippen molar-refractivity contribution < 1.29 is 18.3 Å². The molecule has 8 heteroatoms. The molecule has 0 unspecified atom stereocenters. The van der Waals surface area contributed by atoms with Crippen molar-refractivity contribution in [2.75, 3.05) is 30.9 Å². The number of esters is 1. The van der Waals surface area contributed by atoms with E-state index in [1.807, 2.05) is 0 Å². The summed E-state index contributed by atoms with van der Waals surface area (Å²) in [5.41, 5.74) is 0.343. The first-order chi connectivity index (χ1) is 12.9. The fourth-order valence-corrected chi connectivity index (χ4v) is 3.43. The number of benzene rings is 1. The van der Waals surface area contributed by atoms with Gasteiger partial charge >= 0.3 is 5.97 Å². The topological polar surface area (TPSA) is 67.3 Å². The molecule has 1 aliphatic rings. The Kier molecular flexibility index (Phi) is 5.72. The number of hydrogen-bond acceptors (Lipinski definition) is 6. The summed E-state index contributed by atoms with van der Waals surface area (Å²) in [6.07, 6.45) is 3.06. The number of fused-ring (bicyclic) bond motifs is 1. The summed E-state index contributed by atoms with van der Waals surface area (Å²) in [5, 5.41) is 3.73. The Balaban J connectivity index is 1.78. The number of hydrogen-bond donors (Lipinski definition) is 1. The molecule has 146 valence electrons. The first-order valence-electron chi connectivity index (χ1n) is 9.16. The van der Waals surface area contributed by atoms with Crippen LogP contribution < -0.4 is 10.2 Å². The molecule has 1 aromatic carbocycles. The summed E-state index contributed by atoms with van der Waals surface area (Å²) < 4.78 is 32.3. The normalized spacial score (nSPS) is 19.7. The highest BCUT2D eigenvalue weighted by Gasteiger charge is 2.27. The van der Waals surface area contributed by atoms with E-state index in [0.717, 1.165) is 37.8 Å². The largest absolute Gasteiger partial charge is 0.466 e. The molecule has 0 atom stereocenters. The molecule has 0 saturated heterocycles. The maximum Gasteiger partial charge on any atom is 0.308 e. The molecule has 1 aromatic heterocycles. The van der Waals surface area contributed by atoms with Crippen LogP contribution in [0.15, 0.2) is 12.1 Å². The molecular formula is C19H24F2N4O2. The van der Waals surface area contributed by atoms with Crippen LogP contribution in [0.4, 0.5) is 20.5 Å². The monoisotopic (exact) mass is 378 g/mol. The van der Waals surface area contributed by atoms with Crippen LogP contribution in [0.25, 0.3) is 10.9 Å². The maximum absolute atomic E-state index is 13.6. The molecule has 3 rings (SSSR count). The molecule has 27 heavy (non-hydrogen) atoms. The van der Waals surface area contributed by atoms with Crippen LogP contribution in [-0.2, 0) is 9.53 Å². The Labute approximate surface area is 156 Å². The van der Waals surface area contributed by atoms with Crippen molar-refractivity contribution in [2.24, 2.45) is 5.92 Å². The van der Waals surface area contributed by atoms with Crippen molar-refractivity contribution in [3.8, 4) is 0 Å². The van der Waals surface area contributed by atoms with Gasteiger partial charge in [-0.1, -0.05) is 0 Å². The third-order valence-electron chi connectivity index (χ3n) is 4.82. The Morgan fingerprint density at radius 2 is 1.85 bits per heavy atom. The number of carbonyl (C=O) groups is 1. The van der Waals surface area contributed by atoms with Crippen molar-refractivity contribution in [1.82, 2.24) is 9.97 Å². The summed E-state index contributed by atoms with van der Waals surface area (Å²) >= 11 is 0. The molecule has 0 aliphatic heterocycles. The first-order valence-corrected chi connectivity index (χ1v) is 9.16. The number of carbonyl (C=O) groups excluding carboxylic acids is 1. The van der Waals surface area contributed by atoms with E-state index >= 15 is 0 Å². The van der Waals surface area contributed by atoms with Gasteiger partial charge in [-0.05, 0) is 38.7 Å². The Bertz CT molecular complexity index is 836. The van der Waals surface area contributed by atoms with Crippen LogP contribution in [0.3, 0.4) is 0 Å². The van der Waals surface area contributed by atoms with E-state index in [9.17, 15) is 13.6 Å². The number of anilines is 2. The summed E-state index contributed by atoms with van der Waals surface area (Å²) in [5.74, 6) is -1.17. The van der Waals surface area contributed by atoms with Crippen molar-refractivity contribution in [2.45, 2.75) is 38.6 Å². The minimum Gasteiger partial charge on any atom is -0.466 e. The van der Waals surface area contributed by atoms with Gasteiger partial charge in [0.25, 0.3) is 0 Å². The summed E-state index contributed by atoms with van der Waals surface area (Å²) in [4.78, 5) is 22.4. The first kappa shape index (κ1) is 19.3. The summed E-state index contributed by atoms with van der Waals surface area (Å²) in [6, 6.07) is 2.32. The third kappa shape index (κ3) is 4.26. The van der Waals surface area contributed by atoms with E-state index in [1.165, 1.54) is 0 Å². The van der Waals surface area contributed by atoms with Gasteiger partial charge in [-0.25, -0.2) is 13.8 Å². The predicted molar refractivity (Wildman–Crippen MR) is 99.8 cm³/mol. The Morgan fingerprint density at radius 3 is 2.48 bits per heavy atom. The van der Waals surface area contributed by atoms with E-state index in [0.29, 0.717) is 29.3 Å². The van der Waals surface area contributed by atoms with Gasteiger partial charge in [-0.15, -0.1) is 0 Å². The molecule has 2 aromatic rings. The lowest BCUT2D eigenvalue weighted by atomic mass is 9.86. The highest BCUT2D eigenvalue weighted by molar-refractivity contribution is 5.90. The molecule has 1 saturated carbocycles. The van der Waals surface area contributed by atoms with E-state index < -0.39 is 11.6 Å². The second kappa shape index (κ2) is 8.02. The average Bonchev–Trinajstić information content (AvgIpc) is 2.63. The van der Waals surface area contributed by atoms with E-state index in [1.54, 1.807) is 25.9 Å². The van der Waals surface area contributed by atoms with Gasteiger partial charge in [0.1, 0.15) is 5.82 Å². The van der Waals surface area contributed by atoms with Crippen LogP contribution in [0.5, 0.6) is 0 Å². The average molecular weight is 378 g/mol. The predicted octanol–water partition coefficient (Wildman–Crippen LogP) is 3.51. The lowest BCUT2D eigenvalue weighted by Crippen LogP contribution is -2.31. The molecule has 6 nitrogen and oxygen atoms in total. The molecule has 0 amide bonds. The van der Waals surface area contributed by atoms with Gasteiger partial charge in [0.15, 0.2) is 11.6 Å². The molecule has 0 bridgehead atoms. The standard InChI is InChI=1S/C19H24F2N4O2/c1-4-27-18(26)11-5-7-12(8-6-11)22-19-23-16-10-15(21)14(20)9-13(16)17(24-19)25(2)3/h9-12H,4-8H2,1-3H3,(H,22,23,24). The maximum atomic E-state index is 13.6. The summed E-state index contributed by atoms with van der Waals surface area (Å²) in [6.45, 7) is 2.20. The fourth-order valence-electron chi connectivity index (χ4n) is 3.43. The number of halogens is 2. The highest BCUT2D eigenvalue weighted by Crippen LogP contribution is 2.29. The van der Waals surface area contributed by atoms with Crippen molar-refractivity contribution in [3.63, 3.8) is 0 Å². The van der Waals surface area contributed by atoms with Crippen molar-refractivity contribution >= 4 is 28.6 Å². The van der Waals surface area contributed by atoms with Crippen molar-refractivity contribution in [1.29, 1.82) is 0 Å². The number of nitrogens with one attached hydrogen (secondary N) is 1. The van der Waals surface area contributed by atoms with E-state index in [-0.39, 0.29) is 17.9 Å². The zero-order valence-corrected chi connectivity index (χ0v) is 15.8. The zero-order chi connectivity index (χ0) is 19.6. The van der Waals surface area contributed by atoms with Crippen LogP contribution in [0.2, 0.25) is 0 Å². The summed E-state index contributed by atoms with van der Waals surface area (Å²) in [7, 11) is 3.58. The van der Waals surface area contributed by atoms with Crippen LogP contribution in [-0.4, -0.2) is 42.7 Å². The van der Waals surface area contributed by atoms with Crippen LogP contribution in [0, 0.1) is 17.6 Å². The molecule has 1 N–H and O–H groups in total. The van der Waals surface area contributed by atoms with E-state index in [2.05, 4.69) is 15.3 Å². The minimum absolute atomic E-state index is 0.0603. The molecular weight excluding hydrogens is 354 g/mol. The van der Waals surface area contributed by atoms with Gasteiger partial charge in [0, 0.05) is 31.6 Å². The highest BCUT2D eigenvalue weighted by atomic mass is 19.2. The molecule has 0 spiro atoms. The lowest BCUT2D eigenvalue weighted by molar-refractivity contribution is -0.149. The smallest absolute Gasteiger partial charge is 0.308 e. The van der Waals surface area contributed by atoms with E-state index in [4.69, 9.17) is 4.74 Å². The number of nitrogens with zero attached hydrogens (tertiary/aromatic N) is 3. The number of rotatable bonds is 5. The SMILES string of the molecule is CCOC(=O)C1CCC(Nc2nc(N(C)C)c3cc(F)c(F)cc3n2)CC1. The number of ether oxygens (including phenoxy) is 1. The molecule has 1 heterocycles. The van der Waals surface area contributed by atoms with Crippen LogP contribution in [0.1, 0.15) is 32.6 Å². The van der Waals surface area contributed by atoms with Gasteiger partial charge in [-0.3, -0.25) is 4.79 Å². The van der Waals surface area contributed by atoms with Gasteiger partial charge < -0.3 is 15.0 Å². The third-order valence-corrected chi connectivity index (χ3v) is 4.82. The minimum atomic E-state index is -0.938. The Hall–Kier alpha value is -2.51. The second-order valence-electron chi connectivity index (χ2n) is 6.99. The second-order valence-corrected chi connectivity index (χ2v) is 6.99. The van der Waals surface area contributed by atoms with Gasteiger partial charge in [-0.2, -0.15) is 4.98 Å². The molecule has 1 fully saturated rings. The molecule has 1 aliphatic carbocycles. The van der Waals surface area contributed by atoms with Crippen molar-refractivity contribution in [3.05, 3.63) is 23.8 Å². The zero-order valence-electron chi connectivity index (χ0n) is 15.8. The van der Waals surface area contributed by atoms with Gasteiger partial charge in [0.05, 0.1) is 18.0 Å².